The van der Waals surface area contributed by atoms with E-state index < -0.39 is 10.2 Å². The van der Waals surface area contributed by atoms with Crippen LogP contribution in [0.15, 0.2) is 0 Å². The lowest BCUT2D eigenvalue weighted by atomic mass is 9.94. The predicted octanol–water partition coefficient (Wildman–Crippen LogP) is 2.06. The van der Waals surface area contributed by atoms with E-state index in [1.54, 1.807) is 11.4 Å². The lowest BCUT2D eigenvalue weighted by molar-refractivity contribution is 0.249. The summed E-state index contributed by atoms with van der Waals surface area (Å²) in [7, 11) is -1.55. The zero-order valence-corrected chi connectivity index (χ0v) is 14.8. The number of nitrogens with zero attached hydrogens (tertiary/aromatic N) is 2. The van der Waals surface area contributed by atoms with Crippen LogP contribution in [-0.4, -0.2) is 56.8 Å². The van der Waals surface area contributed by atoms with Crippen LogP contribution >= 0.6 is 0 Å². The molecule has 1 saturated heterocycles. The van der Waals surface area contributed by atoms with Crippen molar-refractivity contribution in [1.82, 2.24) is 13.9 Å². The number of hydrogen-bond acceptors (Lipinski definition) is 3. The Morgan fingerprint density at radius 3 is 2.38 bits per heavy atom. The quantitative estimate of drug-likeness (QED) is 0.627. The van der Waals surface area contributed by atoms with Gasteiger partial charge >= 0.3 is 0 Å². The third-order valence-electron chi connectivity index (χ3n) is 4.24. The first-order valence-corrected chi connectivity index (χ1v) is 9.84. The fourth-order valence-corrected chi connectivity index (χ4v) is 4.30. The fraction of sp³-hybridized carbons (Fsp3) is 1.00. The molecule has 126 valence electrons. The van der Waals surface area contributed by atoms with Crippen molar-refractivity contribution in [3.63, 3.8) is 0 Å². The number of hydrogen-bond donors (Lipinski definition) is 1. The highest BCUT2D eigenvalue weighted by molar-refractivity contribution is 7.86. The Bertz CT molecular complexity index is 365. The molecule has 0 atom stereocenters. The first-order valence-electron chi connectivity index (χ1n) is 8.44. The topological polar surface area (TPSA) is 52.7 Å². The molecule has 0 aromatic rings. The molecule has 0 aromatic carbocycles. The third kappa shape index (κ3) is 6.22. The standard InChI is InChI=1S/C15H33N3O2S/c1-4-7-15-8-13-18(14-9-15)21(19,20)17(3)12-6-11-16-10-5-2/h15-16H,4-14H2,1-3H3. The van der Waals surface area contributed by atoms with E-state index in [4.69, 9.17) is 0 Å². The van der Waals surface area contributed by atoms with Gasteiger partial charge in [0.25, 0.3) is 10.2 Å². The summed E-state index contributed by atoms with van der Waals surface area (Å²) < 4.78 is 28.2. The predicted molar refractivity (Wildman–Crippen MR) is 88.5 cm³/mol. The summed E-state index contributed by atoms with van der Waals surface area (Å²) in [6, 6.07) is 0. The Morgan fingerprint density at radius 2 is 1.81 bits per heavy atom. The molecule has 6 heteroatoms. The molecule has 21 heavy (non-hydrogen) atoms. The largest absolute Gasteiger partial charge is 0.317 e. The second-order valence-electron chi connectivity index (χ2n) is 6.06. The van der Waals surface area contributed by atoms with Crippen LogP contribution in [0.4, 0.5) is 0 Å². The van der Waals surface area contributed by atoms with Gasteiger partial charge in [-0.1, -0.05) is 26.7 Å². The molecule has 1 N–H and O–H groups in total. The average Bonchev–Trinajstić information content (AvgIpc) is 2.47. The minimum atomic E-state index is -3.25. The fourth-order valence-electron chi connectivity index (χ4n) is 2.88. The zero-order valence-electron chi connectivity index (χ0n) is 14.0. The molecule has 1 aliphatic heterocycles. The number of nitrogens with one attached hydrogen (secondary N) is 1. The molecule has 0 unspecified atom stereocenters. The molecule has 0 radical (unpaired) electrons. The summed E-state index contributed by atoms with van der Waals surface area (Å²) >= 11 is 0. The van der Waals surface area contributed by atoms with Crippen molar-refractivity contribution in [2.24, 2.45) is 5.92 Å². The van der Waals surface area contributed by atoms with Crippen molar-refractivity contribution in [2.45, 2.75) is 52.4 Å². The Morgan fingerprint density at radius 1 is 1.14 bits per heavy atom. The average molecular weight is 320 g/mol. The molecule has 0 aromatic heterocycles. The summed E-state index contributed by atoms with van der Waals surface area (Å²) in [5.74, 6) is 0.713. The summed E-state index contributed by atoms with van der Waals surface area (Å²) in [5.41, 5.74) is 0. The van der Waals surface area contributed by atoms with Gasteiger partial charge in [0, 0.05) is 26.7 Å². The lowest BCUT2D eigenvalue weighted by Gasteiger charge is -2.33. The van der Waals surface area contributed by atoms with Crippen molar-refractivity contribution < 1.29 is 8.42 Å². The van der Waals surface area contributed by atoms with Gasteiger partial charge in [0.05, 0.1) is 0 Å². The second kappa shape index (κ2) is 9.77. The second-order valence-corrected chi connectivity index (χ2v) is 8.10. The number of piperidine rings is 1. The van der Waals surface area contributed by atoms with Crippen molar-refractivity contribution in [3.05, 3.63) is 0 Å². The SMILES string of the molecule is CCCNCCCN(C)S(=O)(=O)N1CCC(CCC)CC1. The van der Waals surface area contributed by atoms with Crippen LogP contribution in [0.1, 0.15) is 52.4 Å². The van der Waals surface area contributed by atoms with Gasteiger partial charge in [-0.2, -0.15) is 17.0 Å². The van der Waals surface area contributed by atoms with E-state index in [-0.39, 0.29) is 0 Å². The van der Waals surface area contributed by atoms with Crippen LogP contribution < -0.4 is 5.32 Å². The molecule has 5 nitrogen and oxygen atoms in total. The van der Waals surface area contributed by atoms with E-state index in [0.717, 1.165) is 38.8 Å². The highest BCUT2D eigenvalue weighted by Crippen LogP contribution is 2.24. The van der Waals surface area contributed by atoms with Crippen molar-refractivity contribution in [2.75, 3.05) is 39.8 Å². The molecule has 0 saturated carbocycles. The van der Waals surface area contributed by atoms with Crippen molar-refractivity contribution >= 4 is 10.2 Å². The van der Waals surface area contributed by atoms with Gasteiger partial charge in [-0.3, -0.25) is 0 Å². The minimum Gasteiger partial charge on any atom is -0.317 e. The van der Waals surface area contributed by atoms with Gasteiger partial charge in [-0.05, 0) is 44.7 Å². The van der Waals surface area contributed by atoms with E-state index >= 15 is 0 Å². The first-order chi connectivity index (χ1) is 10.0. The molecule has 1 aliphatic rings. The summed E-state index contributed by atoms with van der Waals surface area (Å²) in [5, 5.41) is 3.31. The summed E-state index contributed by atoms with van der Waals surface area (Å²) in [6.45, 7) is 8.17. The maximum atomic E-state index is 12.5. The molecular weight excluding hydrogens is 286 g/mol. The molecule has 1 heterocycles. The van der Waals surface area contributed by atoms with E-state index in [2.05, 4.69) is 19.2 Å². The Kier molecular flexibility index (Phi) is 8.78. The molecule has 0 aliphatic carbocycles. The number of rotatable bonds is 10. The minimum absolute atomic E-state index is 0.591. The first kappa shape index (κ1) is 18.9. The van der Waals surface area contributed by atoms with Crippen molar-refractivity contribution in [3.8, 4) is 0 Å². The Balaban J connectivity index is 2.35. The van der Waals surface area contributed by atoms with Crippen LogP contribution in [0.2, 0.25) is 0 Å². The summed E-state index contributed by atoms with van der Waals surface area (Å²) in [6.07, 6.45) is 6.43. The maximum absolute atomic E-state index is 12.5. The molecule has 0 amide bonds. The molecule has 1 rings (SSSR count). The monoisotopic (exact) mass is 319 g/mol. The molecule has 1 fully saturated rings. The van der Waals surface area contributed by atoms with Crippen LogP contribution in [0, 0.1) is 5.92 Å². The van der Waals surface area contributed by atoms with Gasteiger partial charge in [0.1, 0.15) is 0 Å². The van der Waals surface area contributed by atoms with Crippen LogP contribution in [0.3, 0.4) is 0 Å². The van der Waals surface area contributed by atoms with Gasteiger partial charge in [0.15, 0.2) is 0 Å². The highest BCUT2D eigenvalue weighted by Gasteiger charge is 2.30. The highest BCUT2D eigenvalue weighted by atomic mass is 32.2. The van der Waals surface area contributed by atoms with E-state index in [1.807, 2.05) is 0 Å². The molecule has 0 spiro atoms. The van der Waals surface area contributed by atoms with E-state index in [1.165, 1.54) is 17.1 Å². The van der Waals surface area contributed by atoms with E-state index in [9.17, 15) is 8.42 Å². The third-order valence-corrected chi connectivity index (χ3v) is 6.23. The summed E-state index contributed by atoms with van der Waals surface area (Å²) in [4.78, 5) is 0. The van der Waals surface area contributed by atoms with Crippen LogP contribution in [-0.2, 0) is 10.2 Å². The zero-order chi connectivity index (χ0) is 15.7. The lowest BCUT2D eigenvalue weighted by Crippen LogP contribution is -2.46. The Labute approximate surface area is 131 Å². The van der Waals surface area contributed by atoms with Gasteiger partial charge in [0.2, 0.25) is 0 Å². The normalized spacial score (nSPS) is 18.5. The molecular formula is C15H33N3O2S. The van der Waals surface area contributed by atoms with Crippen molar-refractivity contribution in [1.29, 1.82) is 0 Å². The Hall–Kier alpha value is -0.170. The van der Waals surface area contributed by atoms with Crippen LogP contribution in [0.25, 0.3) is 0 Å². The van der Waals surface area contributed by atoms with E-state index in [0.29, 0.717) is 25.6 Å². The van der Waals surface area contributed by atoms with Gasteiger partial charge in [-0.25, -0.2) is 0 Å². The van der Waals surface area contributed by atoms with Crippen LogP contribution in [0.5, 0.6) is 0 Å². The smallest absolute Gasteiger partial charge is 0.281 e. The maximum Gasteiger partial charge on any atom is 0.281 e. The molecule has 0 bridgehead atoms. The van der Waals surface area contributed by atoms with Gasteiger partial charge < -0.3 is 5.32 Å². The van der Waals surface area contributed by atoms with Gasteiger partial charge in [-0.15, -0.1) is 0 Å².